The molecule has 0 radical (unpaired) electrons. The van der Waals surface area contributed by atoms with Crippen LogP contribution in [0.4, 0.5) is 17.1 Å². The van der Waals surface area contributed by atoms with Crippen molar-refractivity contribution in [3.05, 3.63) is 199 Å². The molecule has 0 spiro atoms. The minimum absolute atomic E-state index is 0.223. The predicted molar refractivity (Wildman–Crippen MR) is 225 cm³/mol. The van der Waals surface area contributed by atoms with Crippen LogP contribution in [-0.2, 0) is 0 Å². The van der Waals surface area contributed by atoms with E-state index >= 15 is 0 Å². The lowest BCUT2D eigenvalue weighted by atomic mass is 9.97. The van der Waals surface area contributed by atoms with Gasteiger partial charge in [0.2, 0.25) is 0 Å². The van der Waals surface area contributed by atoms with Gasteiger partial charge in [0, 0.05) is 37.2 Å². The zero-order valence-electron chi connectivity index (χ0n) is 58.9. The van der Waals surface area contributed by atoms with Gasteiger partial charge in [-0.15, -0.1) is 11.3 Å². The maximum atomic E-state index is 10.0. The van der Waals surface area contributed by atoms with E-state index in [0.717, 1.165) is 0 Å². The summed E-state index contributed by atoms with van der Waals surface area (Å²) in [5, 5.41) is -3.43. The largest absolute Gasteiger partial charge is 0.310 e. The van der Waals surface area contributed by atoms with Crippen molar-refractivity contribution in [1.82, 2.24) is 0 Å². The van der Waals surface area contributed by atoms with Crippen LogP contribution in [0.3, 0.4) is 0 Å². The Balaban J connectivity index is 1.41. The van der Waals surface area contributed by atoms with Gasteiger partial charge in [-0.2, -0.15) is 0 Å². The van der Waals surface area contributed by atoms with Crippen molar-refractivity contribution in [2.45, 2.75) is 0 Å². The van der Waals surface area contributed by atoms with Crippen molar-refractivity contribution in [3.63, 3.8) is 0 Å². The Morgan fingerprint density at radius 1 is 0.346 bits per heavy atom. The summed E-state index contributed by atoms with van der Waals surface area (Å²) >= 11 is 0.532. The minimum atomic E-state index is -1.34. The maximum absolute atomic E-state index is 10.0. The molecule has 244 valence electrons. The summed E-state index contributed by atoms with van der Waals surface area (Å²) in [4.78, 5) is 0.290. The third-order valence-corrected chi connectivity index (χ3v) is 8.94. The molecule has 0 N–H and O–H groups in total. The number of anilines is 3. The Kier molecular flexibility index (Phi) is 2.87. The zero-order valence-corrected chi connectivity index (χ0v) is 26.7. The van der Waals surface area contributed by atoms with Crippen molar-refractivity contribution in [3.8, 4) is 33.4 Å². The molecule has 2 heteroatoms. The molecule has 1 aromatic heterocycles. The van der Waals surface area contributed by atoms with Gasteiger partial charge in [-0.1, -0.05) is 157 Å². The summed E-state index contributed by atoms with van der Waals surface area (Å²) in [5.41, 5.74) is -8.78. The lowest BCUT2D eigenvalue weighted by molar-refractivity contribution is 1.28. The van der Waals surface area contributed by atoms with E-state index in [1.165, 1.54) is 0 Å². The monoisotopic (exact) mass is 712 g/mol. The molecular weight excluding hydrogens is 647 g/mol. The van der Waals surface area contributed by atoms with Crippen LogP contribution in [0.25, 0.3) is 75.1 Å². The van der Waals surface area contributed by atoms with Crippen molar-refractivity contribution >= 4 is 70.1 Å². The molecule has 0 saturated carbocycles. The molecule has 10 aromatic rings. The first kappa shape index (κ1) is 11.8. The molecule has 1 nitrogen and oxygen atoms in total. The van der Waals surface area contributed by atoms with Crippen LogP contribution >= 0.6 is 11.3 Å². The number of hydrogen-bond acceptors (Lipinski definition) is 2. The molecule has 0 bridgehead atoms. The molecule has 0 aliphatic rings. The SMILES string of the molecule is [2H]c1c([2H])c(-c2c([2H])c([2H])c([2H])c3c2sc2c([2H])c([2H])c([2H])c([2H])c23)c([2H])c(N(c2c([2H])c([2H])c(-c3c([2H])c([2H])c([2H])c4c([2H])c([2H])c([2H])c([2H])c34)c([2H])c2[2H])c2c([2H])c([2H])c(-c3c([2H])c([2H])c([2H])c4c([2H])c([2H])c([2H])c([2H])c34)c([2H])c2[2H])c1[2H]. The van der Waals surface area contributed by atoms with Crippen molar-refractivity contribution in [2.75, 3.05) is 4.90 Å². The van der Waals surface area contributed by atoms with Gasteiger partial charge in [-0.25, -0.2) is 0 Å². The second-order valence-electron chi connectivity index (χ2n) is 10.8. The van der Waals surface area contributed by atoms with Crippen LogP contribution in [0.1, 0.15) is 45.2 Å². The molecule has 10 rings (SSSR count). The van der Waals surface area contributed by atoms with Crippen LogP contribution < -0.4 is 4.90 Å². The third kappa shape index (κ3) is 5.24. The highest BCUT2D eigenvalue weighted by Crippen LogP contribution is 2.43. The number of thiophene rings is 1. The van der Waals surface area contributed by atoms with Crippen LogP contribution in [-0.4, -0.2) is 0 Å². The Bertz CT molecular complexity index is 4560. The van der Waals surface area contributed by atoms with Gasteiger partial charge in [-0.05, 0) is 97.2 Å². The first-order valence-corrected chi connectivity index (χ1v) is 15.9. The van der Waals surface area contributed by atoms with E-state index in [1.807, 2.05) is 0 Å². The predicted octanol–water partition coefficient (Wildman–Crippen LogP) is 14.8. The number of fused-ring (bicyclic) bond motifs is 5. The van der Waals surface area contributed by atoms with E-state index in [9.17, 15) is 17.8 Å². The van der Waals surface area contributed by atoms with Crippen LogP contribution in [0, 0.1) is 0 Å². The summed E-state index contributed by atoms with van der Waals surface area (Å²) in [6.07, 6.45) is 0. The standard InChI is InChI=1S/C50H33NS/c1-3-17-42-34(11-1)13-8-20-44(42)36-25-29-39(30-26-36)51(40-31-27-37(28-32-40)45-21-9-14-35-12-2-4-18-43(35)45)41-16-7-15-38(33-41)46-22-10-23-48-47-19-5-6-24-49(47)52-50(46)48/h1-33H/i1D,2D,3D,4D,5D,6D,7D,8D,9D,10D,11D,12D,13D,14D,15D,16D,17D,18D,19D,20D,21D,22D,23D,24D,25D,26D,27D,28D,29D,30D,31D,32D,33D. The van der Waals surface area contributed by atoms with E-state index in [2.05, 4.69) is 0 Å². The Labute approximate surface area is 353 Å². The molecule has 0 saturated heterocycles. The van der Waals surface area contributed by atoms with Gasteiger partial charge in [0.25, 0.3) is 0 Å². The number of hydrogen-bond donors (Lipinski definition) is 0. The second-order valence-corrected chi connectivity index (χ2v) is 11.8. The lowest BCUT2D eigenvalue weighted by Crippen LogP contribution is -2.10. The Hall–Kier alpha value is -6.48. The average Bonchev–Trinajstić information content (AvgIpc) is 1.61. The van der Waals surface area contributed by atoms with Gasteiger partial charge < -0.3 is 4.90 Å². The van der Waals surface area contributed by atoms with Crippen LogP contribution in [0.5, 0.6) is 0 Å². The molecule has 0 aliphatic carbocycles. The summed E-state index contributed by atoms with van der Waals surface area (Å²) in [6.45, 7) is 0. The van der Waals surface area contributed by atoms with Gasteiger partial charge in [0.1, 0.15) is 0 Å². The maximum Gasteiger partial charge on any atom is 0.0651 e. The molecule has 0 unspecified atom stereocenters. The Morgan fingerprint density at radius 2 is 0.827 bits per heavy atom. The van der Waals surface area contributed by atoms with E-state index in [0.29, 0.717) is 16.2 Å². The average molecular weight is 713 g/mol. The minimum Gasteiger partial charge on any atom is -0.310 e. The lowest BCUT2D eigenvalue weighted by Gasteiger charge is -2.26. The number of benzene rings is 9. The summed E-state index contributed by atoms with van der Waals surface area (Å²) < 4.78 is 297. The molecule has 0 aliphatic heterocycles. The molecule has 0 atom stereocenters. The zero-order chi connectivity index (χ0) is 63.2. The number of nitrogens with zero attached hydrogens (tertiary/aromatic N) is 1. The van der Waals surface area contributed by atoms with E-state index in [1.54, 1.807) is 0 Å². The summed E-state index contributed by atoms with van der Waals surface area (Å²) in [5.74, 6) is 0. The van der Waals surface area contributed by atoms with Crippen molar-refractivity contribution in [2.24, 2.45) is 0 Å². The highest BCUT2D eigenvalue weighted by atomic mass is 32.1. The normalized spacial score (nSPS) is 20.3. The second kappa shape index (κ2) is 12.7. The van der Waals surface area contributed by atoms with Gasteiger partial charge in [0.05, 0.1) is 45.2 Å². The molecule has 52 heavy (non-hydrogen) atoms. The highest BCUT2D eigenvalue weighted by Gasteiger charge is 2.17. The highest BCUT2D eigenvalue weighted by molar-refractivity contribution is 7.26. The van der Waals surface area contributed by atoms with E-state index < -0.39 is 271 Å². The summed E-state index contributed by atoms with van der Waals surface area (Å²) in [7, 11) is 0. The first-order chi connectivity index (χ1) is 39.5. The van der Waals surface area contributed by atoms with Gasteiger partial charge in [0.15, 0.2) is 0 Å². The fourth-order valence-electron chi connectivity index (χ4n) is 5.50. The molecule has 9 aromatic carbocycles. The Morgan fingerprint density at radius 3 is 1.46 bits per heavy atom. The molecule has 0 amide bonds. The van der Waals surface area contributed by atoms with Gasteiger partial charge >= 0.3 is 0 Å². The first-order valence-electron chi connectivity index (χ1n) is 31.6. The van der Waals surface area contributed by atoms with Crippen LogP contribution in [0.2, 0.25) is 0 Å². The van der Waals surface area contributed by atoms with Crippen molar-refractivity contribution < 1.29 is 45.2 Å². The molecular formula is C50H33NS. The quantitative estimate of drug-likeness (QED) is 0.166. The third-order valence-electron chi connectivity index (χ3n) is 7.82. The van der Waals surface area contributed by atoms with E-state index in [-0.39, 0.29) is 20.2 Å². The smallest absolute Gasteiger partial charge is 0.0651 e. The topological polar surface area (TPSA) is 3.24 Å². The summed E-state index contributed by atoms with van der Waals surface area (Å²) in [6, 6.07) is -33.7. The van der Waals surface area contributed by atoms with Crippen LogP contribution in [0.15, 0.2) is 199 Å². The number of rotatable bonds is 6. The fourth-order valence-corrected chi connectivity index (χ4v) is 6.57. The van der Waals surface area contributed by atoms with Gasteiger partial charge in [-0.3, -0.25) is 0 Å². The molecule has 1 heterocycles. The molecule has 0 fully saturated rings. The van der Waals surface area contributed by atoms with E-state index in [4.69, 9.17) is 27.4 Å². The fraction of sp³-hybridized carbons (Fsp3) is 0. The van der Waals surface area contributed by atoms with Crippen molar-refractivity contribution in [1.29, 1.82) is 0 Å².